The fourth-order valence-corrected chi connectivity index (χ4v) is 4.03. The van der Waals surface area contributed by atoms with Gasteiger partial charge >= 0.3 is 0 Å². The first kappa shape index (κ1) is 20.5. The molecule has 1 aromatic carbocycles. The van der Waals surface area contributed by atoms with Crippen molar-refractivity contribution in [3.63, 3.8) is 0 Å². The normalized spacial score (nSPS) is 19.1. The van der Waals surface area contributed by atoms with Gasteiger partial charge in [0, 0.05) is 42.3 Å². The molecule has 156 valence electrons. The second kappa shape index (κ2) is 8.92. The summed E-state index contributed by atoms with van der Waals surface area (Å²) in [5.74, 6) is 0.781. The average Bonchev–Trinajstić information content (AvgIpc) is 2.78. The third kappa shape index (κ3) is 4.21. The molecule has 0 N–H and O–H groups in total. The van der Waals surface area contributed by atoms with Crippen LogP contribution in [-0.2, 0) is 4.74 Å². The number of aryl methyl sites for hydroxylation is 2. The Bertz CT molecular complexity index is 1010. The number of aromatic nitrogens is 3. The molecule has 0 bridgehead atoms. The third-order valence-corrected chi connectivity index (χ3v) is 5.81. The van der Waals surface area contributed by atoms with E-state index in [0.717, 1.165) is 60.0 Å². The van der Waals surface area contributed by atoms with Gasteiger partial charge in [0.05, 0.1) is 17.9 Å². The first-order valence-electron chi connectivity index (χ1n) is 10.9. The molecule has 1 saturated heterocycles. The van der Waals surface area contributed by atoms with Crippen LogP contribution in [0.4, 0.5) is 5.95 Å². The van der Waals surface area contributed by atoms with Crippen LogP contribution in [-0.4, -0.2) is 40.2 Å². The molecule has 0 saturated carbocycles. The molecule has 1 aliphatic heterocycles. The second-order valence-corrected chi connectivity index (χ2v) is 8.03. The summed E-state index contributed by atoms with van der Waals surface area (Å²) in [5, 5.41) is 0. The largest absolute Gasteiger partial charge is 0.371 e. The van der Waals surface area contributed by atoms with E-state index in [9.17, 15) is 0 Å². The lowest BCUT2D eigenvalue weighted by Gasteiger charge is -2.37. The van der Waals surface area contributed by atoms with E-state index >= 15 is 0 Å². The number of hydrogen-bond acceptors (Lipinski definition) is 5. The average molecular weight is 403 g/mol. The van der Waals surface area contributed by atoms with Gasteiger partial charge in [0.1, 0.15) is 0 Å². The Balaban J connectivity index is 1.81. The molecular formula is C25H30N4O. The highest BCUT2D eigenvalue weighted by atomic mass is 16.5. The summed E-state index contributed by atoms with van der Waals surface area (Å²) >= 11 is 0. The van der Waals surface area contributed by atoms with Gasteiger partial charge in [-0.2, -0.15) is 0 Å². The van der Waals surface area contributed by atoms with Crippen LogP contribution >= 0.6 is 0 Å². The maximum Gasteiger partial charge on any atom is 0.226 e. The van der Waals surface area contributed by atoms with Gasteiger partial charge in [0.25, 0.3) is 0 Å². The number of benzene rings is 1. The lowest BCUT2D eigenvalue weighted by molar-refractivity contribution is -0.0290. The summed E-state index contributed by atoms with van der Waals surface area (Å²) in [6.45, 7) is 10.1. The molecule has 2 unspecified atom stereocenters. The fraction of sp³-hybridized carbons (Fsp3) is 0.400. The van der Waals surface area contributed by atoms with Crippen molar-refractivity contribution in [3.8, 4) is 22.4 Å². The molecule has 1 fully saturated rings. The maximum absolute atomic E-state index is 6.17. The van der Waals surface area contributed by atoms with Crippen LogP contribution in [0.3, 0.4) is 0 Å². The van der Waals surface area contributed by atoms with Crippen molar-refractivity contribution in [2.24, 2.45) is 0 Å². The third-order valence-electron chi connectivity index (χ3n) is 5.81. The van der Waals surface area contributed by atoms with Crippen molar-refractivity contribution < 1.29 is 4.74 Å². The van der Waals surface area contributed by atoms with Crippen molar-refractivity contribution in [2.45, 2.75) is 52.7 Å². The van der Waals surface area contributed by atoms with E-state index in [2.05, 4.69) is 61.0 Å². The standard InChI is InChI=1S/C25H30N4O/c1-5-20-15-29(16-21(6-2)30-20)25-27-14-23(19-11-12-26-18(4)13-19)24(28-25)22-10-8-7-9-17(22)3/h7-14,20-21H,5-6,15-16H2,1-4H3. The fourth-order valence-electron chi connectivity index (χ4n) is 4.03. The van der Waals surface area contributed by atoms with Gasteiger partial charge in [-0.1, -0.05) is 38.1 Å². The molecule has 3 heterocycles. The van der Waals surface area contributed by atoms with E-state index in [-0.39, 0.29) is 12.2 Å². The van der Waals surface area contributed by atoms with Crippen LogP contribution in [0.1, 0.15) is 37.9 Å². The molecule has 1 aliphatic rings. The number of anilines is 1. The van der Waals surface area contributed by atoms with Gasteiger partial charge in [-0.25, -0.2) is 9.97 Å². The van der Waals surface area contributed by atoms with Gasteiger partial charge in [-0.15, -0.1) is 0 Å². The summed E-state index contributed by atoms with van der Waals surface area (Å²) in [4.78, 5) is 16.5. The molecule has 0 amide bonds. The Labute approximate surface area is 179 Å². The van der Waals surface area contributed by atoms with Gasteiger partial charge < -0.3 is 9.64 Å². The van der Waals surface area contributed by atoms with Crippen LogP contribution in [0.5, 0.6) is 0 Å². The molecule has 2 aromatic heterocycles. The highest BCUT2D eigenvalue weighted by Crippen LogP contribution is 2.34. The first-order valence-corrected chi connectivity index (χ1v) is 10.9. The minimum absolute atomic E-state index is 0.219. The highest BCUT2D eigenvalue weighted by Gasteiger charge is 2.28. The quantitative estimate of drug-likeness (QED) is 0.586. The molecule has 0 aliphatic carbocycles. The molecule has 5 nitrogen and oxygen atoms in total. The molecule has 4 rings (SSSR count). The number of morpholine rings is 1. The van der Waals surface area contributed by atoms with Crippen molar-refractivity contribution >= 4 is 5.95 Å². The molecule has 2 atom stereocenters. The lowest BCUT2D eigenvalue weighted by atomic mass is 9.98. The van der Waals surface area contributed by atoms with Gasteiger partial charge in [0.2, 0.25) is 5.95 Å². The predicted octanol–water partition coefficient (Wildman–Crippen LogP) is 5.22. The topological polar surface area (TPSA) is 51.1 Å². The Morgan fingerprint density at radius 1 is 0.967 bits per heavy atom. The first-order chi connectivity index (χ1) is 14.6. The monoisotopic (exact) mass is 402 g/mol. The number of nitrogens with zero attached hydrogens (tertiary/aromatic N) is 4. The van der Waals surface area contributed by atoms with Gasteiger partial charge in [0.15, 0.2) is 0 Å². The minimum atomic E-state index is 0.219. The van der Waals surface area contributed by atoms with Crippen molar-refractivity contribution in [1.29, 1.82) is 0 Å². The lowest BCUT2D eigenvalue weighted by Crippen LogP contribution is -2.48. The predicted molar refractivity (Wildman–Crippen MR) is 122 cm³/mol. The SMILES string of the molecule is CCC1CN(c2ncc(-c3ccnc(C)c3)c(-c3ccccc3C)n2)CC(CC)O1. The van der Waals surface area contributed by atoms with E-state index in [1.54, 1.807) is 0 Å². The molecular weight excluding hydrogens is 372 g/mol. The van der Waals surface area contributed by atoms with Gasteiger partial charge in [-0.05, 0) is 49.9 Å². The smallest absolute Gasteiger partial charge is 0.226 e. The van der Waals surface area contributed by atoms with E-state index < -0.39 is 0 Å². The Morgan fingerprint density at radius 2 is 1.70 bits per heavy atom. The Morgan fingerprint density at radius 3 is 2.37 bits per heavy atom. The van der Waals surface area contributed by atoms with Crippen molar-refractivity contribution in [3.05, 3.63) is 60.0 Å². The van der Waals surface area contributed by atoms with E-state index in [4.69, 9.17) is 14.7 Å². The van der Waals surface area contributed by atoms with Crippen molar-refractivity contribution in [2.75, 3.05) is 18.0 Å². The summed E-state index contributed by atoms with van der Waals surface area (Å²) < 4.78 is 6.17. The van der Waals surface area contributed by atoms with Crippen LogP contribution < -0.4 is 4.90 Å². The number of hydrogen-bond donors (Lipinski definition) is 0. The number of pyridine rings is 1. The zero-order chi connectivity index (χ0) is 21.1. The molecule has 5 heteroatoms. The zero-order valence-electron chi connectivity index (χ0n) is 18.3. The molecule has 30 heavy (non-hydrogen) atoms. The van der Waals surface area contributed by atoms with Crippen molar-refractivity contribution in [1.82, 2.24) is 15.0 Å². The van der Waals surface area contributed by atoms with Gasteiger partial charge in [-0.3, -0.25) is 4.98 Å². The molecule has 0 radical (unpaired) electrons. The Hall–Kier alpha value is -2.79. The number of ether oxygens (including phenoxy) is 1. The van der Waals surface area contributed by atoms with Crippen LogP contribution in [0.25, 0.3) is 22.4 Å². The summed E-state index contributed by atoms with van der Waals surface area (Å²) in [6.07, 6.45) is 6.24. The van der Waals surface area contributed by atoms with E-state index in [1.807, 2.05) is 25.4 Å². The second-order valence-electron chi connectivity index (χ2n) is 8.03. The van der Waals surface area contributed by atoms with E-state index in [1.165, 1.54) is 5.56 Å². The maximum atomic E-state index is 6.17. The summed E-state index contributed by atoms with van der Waals surface area (Å²) in [5.41, 5.74) is 6.42. The van der Waals surface area contributed by atoms with Crippen LogP contribution in [0.2, 0.25) is 0 Å². The van der Waals surface area contributed by atoms with Crippen LogP contribution in [0.15, 0.2) is 48.8 Å². The Kier molecular flexibility index (Phi) is 6.09. The summed E-state index contributed by atoms with van der Waals surface area (Å²) in [6, 6.07) is 12.5. The van der Waals surface area contributed by atoms with Crippen LogP contribution in [0, 0.1) is 13.8 Å². The van der Waals surface area contributed by atoms with E-state index in [0.29, 0.717) is 0 Å². The number of rotatable bonds is 5. The highest BCUT2D eigenvalue weighted by molar-refractivity contribution is 5.82. The minimum Gasteiger partial charge on any atom is -0.371 e. The molecule has 3 aromatic rings. The molecule has 0 spiro atoms. The summed E-state index contributed by atoms with van der Waals surface area (Å²) in [7, 11) is 0. The zero-order valence-corrected chi connectivity index (χ0v) is 18.3.